The number of carbonyl (C=O) groups is 3. The zero-order valence-corrected chi connectivity index (χ0v) is 12.9. The monoisotopic (exact) mass is 338 g/mol. The summed E-state index contributed by atoms with van der Waals surface area (Å²) in [6.07, 6.45) is 0.617. The SMILES string of the molecule is Cc1c(Br)cccc1C(=O)NC1CCC(=O)N(C)C1=O. The highest BCUT2D eigenvalue weighted by molar-refractivity contribution is 9.10. The molecule has 1 aliphatic heterocycles. The van der Waals surface area contributed by atoms with Crippen molar-refractivity contribution in [1.29, 1.82) is 0 Å². The van der Waals surface area contributed by atoms with Crippen LogP contribution >= 0.6 is 15.9 Å². The Bertz CT molecular complexity index is 586. The molecule has 0 saturated carbocycles. The maximum Gasteiger partial charge on any atom is 0.252 e. The van der Waals surface area contributed by atoms with Crippen molar-refractivity contribution in [3.8, 4) is 0 Å². The minimum Gasteiger partial charge on any atom is -0.340 e. The number of halogens is 1. The van der Waals surface area contributed by atoms with E-state index in [1.807, 2.05) is 13.0 Å². The molecule has 0 aromatic heterocycles. The van der Waals surface area contributed by atoms with E-state index in [4.69, 9.17) is 0 Å². The topological polar surface area (TPSA) is 66.5 Å². The minimum absolute atomic E-state index is 0.209. The zero-order valence-electron chi connectivity index (χ0n) is 11.3. The first-order valence-electron chi connectivity index (χ1n) is 6.28. The molecular weight excluding hydrogens is 324 g/mol. The van der Waals surface area contributed by atoms with E-state index in [1.54, 1.807) is 12.1 Å². The van der Waals surface area contributed by atoms with Gasteiger partial charge in [0.1, 0.15) is 6.04 Å². The molecule has 0 spiro atoms. The van der Waals surface area contributed by atoms with Gasteiger partial charge in [-0.05, 0) is 31.0 Å². The van der Waals surface area contributed by atoms with E-state index in [0.29, 0.717) is 12.0 Å². The molecule has 20 heavy (non-hydrogen) atoms. The number of likely N-dealkylation sites (N-methyl/N-ethyl adjacent to an activating group) is 1. The molecule has 1 fully saturated rings. The number of rotatable bonds is 2. The third kappa shape index (κ3) is 2.75. The number of nitrogens with zero attached hydrogens (tertiary/aromatic N) is 1. The van der Waals surface area contributed by atoms with Crippen molar-refractivity contribution in [3.05, 3.63) is 33.8 Å². The van der Waals surface area contributed by atoms with Gasteiger partial charge in [0.25, 0.3) is 11.8 Å². The van der Waals surface area contributed by atoms with Gasteiger partial charge in [-0.15, -0.1) is 0 Å². The van der Waals surface area contributed by atoms with Gasteiger partial charge in [-0.2, -0.15) is 0 Å². The van der Waals surface area contributed by atoms with Crippen molar-refractivity contribution in [2.24, 2.45) is 0 Å². The number of benzene rings is 1. The van der Waals surface area contributed by atoms with E-state index in [2.05, 4.69) is 21.2 Å². The van der Waals surface area contributed by atoms with Gasteiger partial charge in [-0.25, -0.2) is 0 Å². The van der Waals surface area contributed by atoms with E-state index >= 15 is 0 Å². The van der Waals surface area contributed by atoms with Gasteiger partial charge in [0.2, 0.25) is 5.91 Å². The molecule has 106 valence electrons. The number of likely N-dealkylation sites (tertiary alicyclic amines) is 1. The summed E-state index contributed by atoms with van der Waals surface area (Å²) in [5, 5.41) is 2.70. The summed E-state index contributed by atoms with van der Waals surface area (Å²) >= 11 is 3.37. The summed E-state index contributed by atoms with van der Waals surface area (Å²) in [5.41, 5.74) is 1.34. The molecule has 1 N–H and O–H groups in total. The molecule has 1 aromatic rings. The number of carbonyl (C=O) groups excluding carboxylic acids is 3. The second kappa shape index (κ2) is 5.75. The first-order chi connectivity index (χ1) is 9.41. The van der Waals surface area contributed by atoms with Crippen LogP contribution in [-0.4, -0.2) is 35.7 Å². The summed E-state index contributed by atoms with van der Waals surface area (Å²) in [4.78, 5) is 36.6. The average Bonchev–Trinajstić information content (AvgIpc) is 2.42. The molecule has 1 heterocycles. The summed E-state index contributed by atoms with van der Waals surface area (Å²) < 4.78 is 0.840. The fourth-order valence-corrected chi connectivity index (χ4v) is 2.51. The van der Waals surface area contributed by atoms with E-state index in [1.165, 1.54) is 7.05 Å². The van der Waals surface area contributed by atoms with Crippen LogP contribution in [0.4, 0.5) is 0 Å². The highest BCUT2D eigenvalue weighted by Crippen LogP contribution is 2.20. The van der Waals surface area contributed by atoms with Crippen LogP contribution in [0.25, 0.3) is 0 Å². The van der Waals surface area contributed by atoms with Crippen molar-refractivity contribution in [2.45, 2.75) is 25.8 Å². The molecule has 1 aromatic carbocycles. The van der Waals surface area contributed by atoms with E-state index in [-0.39, 0.29) is 24.1 Å². The van der Waals surface area contributed by atoms with Crippen LogP contribution in [0.15, 0.2) is 22.7 Å². The molecule has 3 amide bonds. The Kier molecular flexibility index (Phi) is 4.23. The predicted octanol–water partition coefficient (Wildman–Crippen LogP) is 1.63. The van der Waals surface area contributed by atoms with Gasteiger partial charge in [-0.3, -0.25) is 19.3 Å². The molecule has 1 saturated heterocycles. The Morgan fingerprint density at radius 2 is 2.10 bits per heavy atom. The summed E-state index contributed by atoms with van der Waals surface area (Å²) in [5.74, 6) is -0.869. The smallest absolute Gasteiger partial charge is 0.252 e. The van der Waals surface area contributed by atoms with Crippen molar-refractivity contribution in [3.63, 3.8) is 0 Å². The first kappa shape index (κ1) is 14.7. The molecule has 0 aliphatic carbocycles. The number of amides is 3. The van der Waals surface area contributed by atoms with E-state index in [0.717, 1.165) is 14.9 Å². The van der Waals surface area contributed by atoms with Crippen LogP contribution in [0.5, 0.6) is 0 Å². The lowest BCUT2D eigenvalue weighted by Crippen LogP contribution is -2.53. The van der Waals surface area contributed by atoms with Crippen LogP contribution in [0.1, 0.15) is 28.8 Å². The van der Waals surface area contributed by atoms with E-state index in [9.17, 15) is 14.4 Å². The Morgan fingerprint density at radius 1 is 1.40 bits per heavy atom. The summed E-state index contributed by atoms with van der Waals surface area (Å²) in [7, 11) is 1.44. The molecule has 0 bridgehead atoms. The highest BCUT2D eigenvalue weighted by atomic mass is 79.9. The van der Waals surface area contributed by atoms with Crippen LogP contribution < -0.4 is 5.32 Å². The van der Waals surface area contributed by atoms with Crippen LogP contribution in [0, 0.1) is 6.92 Å². The van der Waals surface area contributed by atoms with Gasteiger partial charge in [0, 0.05) is 23.5 Å². The molecule has 5 nitrogen and oxygen atoms in total. The molecule has 1 unspecified atom stereocenters. The maximum absolute atomic E-state index is 12.2. The van der Waals surface area contributed by atoms with Crippen LogP contribution in [0.2, 0.25) is 0 Å². The van der Waals surface area contributed by atoms with Crippen molar-refractivity contribution < 1.29 is 14.4 Å². The number of nitrogens with one attached hydrogen (secondary N) is 1. The largest absolute Gasteiger partial charge is 0.340 e. The lowest BCUT2D eigenvalue weighted by Gasteiger charge is -2.28. The van der Waals surface area contributed by atoms with Crippen molar-refractivity contribution in [2.75, 3.05) is 7.05 Å². The number of imide groups is 1. The van der Waals surface area contributed by atoms with Gasteiger partial charge < -0.3 is 5.32 Å². The number of hydrogen-bond acceptors (Lipinski definition) is 3. The maximum atomic E-state index is 12.2. The third-order valence-corrected chi connectivity index (χ3v) is 4.33. The van der Waals surface area contributed by atoms with Gasteiger partial charge in [0.05, 0.1) is 0 Å². The Hall–Kier alpha value is -1.69. The zero-order chi connectivity index (χ0) is 14.9. The molecule has 6 heteroatoms. The molecular formula is C14H15BrN2O3. The Labute approximate surface area is 125 Å². The van der Waals surface area contributed by atoms with Gasteiger partial charge in [0.15, 0.2) is 0 Å². The molecule has 1 aliphatic rings. The summed E-state index contributed by atoms with van der Waals surface area (Å²) in [6, 6.07) is 4.69. The lowest BCUT2D eigenvalue weighted by atomic mass is 10.0. The quantitative estimate of drug-likeness (QED) is 0.833. The summed E-state index contributed by atoms with van der Waals surface area (Å²) in [6.45, 7) is 1.83. The second-order valence-electron chi connectivity index (χ2n) is 4.77. The Morgan fingerprint density at radius 3 is 2.80 bits per heavy atom. The van der Waals surface area contributed by atoms with Crippen LogP contribution in [0.3, 0.4) is 0 Å². The molecule has 0 radical (unpaired) electrons. The standard InChI is InChI=1S/C14H15BrN2O3/c1-8-9(4-3-5-10(8)15)13(19)16-11-6-7-12(18)17(2)14(11)20/h3-5,11H,6-7H2,1-2H3,(H,16,19). The molecule has 1 atom stereocenters. The van der Waals surface area contributed by atoms with Crippen molar-refractivity contribution >= 4 is 33.7 Å². The third-order valence-electron chi connectivity index (χ3n) is 3.47. The lowest BCUT2D eigenvalue weighted by molar-refractivity contribution is -0.147. The molecule has 2 rings (SSSR count). The first-order valence-corrected chi connectivity index (χ1v) is 7.07. The highest BCUT2D eigenvalue weighted by Gasteiger charge is 2.33. The minimum atomic E-state index is -0.636. The van der Waals surface area contributed by atoms with E-state index < -0.39 is 6.04 Å². The van der Waals surface area contributed by atoms with Crippen LogP contribution in [-0.2, 0) is 9.59 Å². The fourth-order valence-electron chi connectivity index (χ4n) is 2.14. The second-order valence-corrected chi connectivity index (χ2v) is 5.62. The average molecular weight is 339 g/mol. The van der Waals surface area contributed by atoms with Gasteiger partial charge >= 0.3 is 0 Å². The Balaban J connectivity index is 2.14. The predicted molar refractivity (Wildman–Crippen MR) is 77.1 cm³/mol. The number of piperidine rings is 1. The fraction of sp³-hybridized carbons (Fsp3) is 0.357. The normalized spacial score (nSPS) is 19.1. The number of hydrogen-bond donors (Lipinski definition) is 1. The van der Waals surface area contributed by atoms with Crippen molar-refractivity contribution in [1.82, 2.24) is 10.2 Å². The van der Waals surface area contributed by atoms with Gasteiger partial charge in [-0.1, -0.05) is 22.0 Å².